The summed E-state index contributed by atoms with van der Waals surface area (Å²) in [6.07, 6.45) is 5.90. The van der Waals surface area contributed by atoms with Crippen LogP contribution in [0.1, 0.15) is 78.2 Å². The fourth-order valence-electron chi connectivity index (χ4n) is 2.70. The molecule has 0 fully saturated rings. The second-order valence-corrected chi connectivity index (χ2v) is 6.29. The SMILES string of the molecule is CCCC(CC)CCOC(C)Oc1ccc(C(C)CC)cc1. The summed E-state index contributed by atoms with van der Waals surface area (Å²) >= 11 is 0. The molecule has 0 radical (unpaired) electrons. The summed E-state index contributed by atoms with van der Waals surface area (Å²) < 4.78 is 11.6. The van der Waals surface area contributed by atoms with Crippen molar-refractivity contribution in [2.45, 2.75) is 78.9 Å². The van der Waals surface area contributed by atoms with E-state index in [9.17, 15) is 0 Å². The molecule has 1 aromatic carbocycles. The number of benzene rings is 1. The van der Waals surface area contributed by atoms with Crippen molar-refractivity contribution < 1.29 is 9.47 Å². The summed E-state index contributed by atoms with van der Waals surface area (Å²) in [7, 11) is 0. The zero-order valence-electron chi connectivity index (χ0n) is 15.1. The number of rotatable bonds is 11. The summed E-state index contributed by atoms with van der Waals surface area (Å²) in [5.74, 6) is 2.28. The largest absolute Gasteiger partial charge is 0.465 e. The van der Waals surface area contributed by atoms with E-state index in [1.54, 1.807) is 0 Å². The first kappa shape index (κ1) is 19.0. The van der Waals surface area contributed by atoms with E-state index < -0.39 is 0 Å². The molecule has 0 saturated heterocycles. The normalized spacial score (nSPS) is 15.3. The number of hydrogen-bond acceptors (Lipinski definition) is 2. The maximum absolute atomic E-state index is 5.84. The third kappa shape index (κ3) is 6.83. The van der Waals surface area contributed by atoms with Gasteiger partial charge in [0.1, 0.15) is 5.75 Å². The molecular formula is C20H34O2. The van der Waals surface area contributed by atoms with Crippen molar-refractivity contribution in [2.75, 3.05) is 6.61 Å². The van der Waals surface area contributed by atoms with Gasteiger partial charge in [-0.25, -0.2) is 0 Å². The smallest absolute Gasteiger partial charge is 0.196 e. The molecule has 3 atom stereocenters. The van der Waals surface area contributed by atoms with Gasteiger partial charge in [-0.15, -0.1) is 0 Å². The first-order valence-electron chi connectivity index (χ1n) is 8.98. The monoisotopic (exact) mass is 306 g/mol. The van der Waals surface area contributed by atoms with E-state index in [4.69, 9.17) is 9.47 Å². The van der Waals surface area contributed by atoms with Crippen molar-refractivity contribution in [2.24, 2.45) is 5.92 Å². The molecule has 0 spiro atoms. The minimum Gasteiger partial charge on any atom is -0.465 e. The van der Waals surface area contributed by atoms with Crippen LogP contribution in [0.4, 0.5) is 0 Å². The predicted molar refractivity (Wildman–Crippen MR) is 94.5 cm³/mol. The molecule has 126 valence electrons. The van der Waals surface area contributed by atoms with E-state index >= 15 is 0 Å². The standard InChI is InChI=1S/C20H34O2/c1-6-9-18(8-3)14-15-21-17(5)22-20-12-10-19(11-13-20)16(4)7-2/h10-13,16-18H,6-9,14-15H2,1-5H3. The lowest BCUT2D eigenvalue weighted by atomic mass is 9.98. The van der Waals surface area contributed by atoms with Crippen molar-refractivity contribution in [3.8, 4) is 5.75 Å². The summed E-state index contributed by atoms with van der Waals surface area (Å²) in [6.45, 7) is 11.7. The van der Waals surface area contributed by atoms with Gasteiger partial charge in [0.2, 0.25) is 0 Å². The molecule has 2 heteroatoms. The van der Waals surface area contributed by atoms with E-state index in [1.807, 2.05) is 19.1 Å². The lowest BCUT2D eigenvalue weighted by molar-refractivity contribution is -0.0706. The first-order valence-corrected chi connectivity index (χ1v) is 8.98. The minimum atomic E-state index is -0.186. The Morgan fingerprint density at radius 1 is 0.909 bits per heavy atom. The molecule has 2 nitrogen and oxygen atoms in total. The second-order valence-electron chi connectivity index (χ2n) is 6.29. The Kier molecular flexibility index (Phi) is 9.22. The Labute approximate surface area is 137 Å². The molecule has 0 aliphatic rings. The highest BCUT2D eigenvalue weighted by atomic mass is 16.7. The maximum Gasteiger partial charge on any atom is 0.196 e. The minimum absolute atomic E-state index is 0.186. The van der Waals surface area contributed by atoms with E-state index in [0.29, 0.717) is 5.92 Å². The Bertz CT molecular complexity index is 385. The Balaban J connectivity index is 2.34. The van der Waals surface area contributed by atoms with Crippen LogP contribution in [-0.2, 0) is 4.74 Å². The first-order chi connectivity index (χ1) is 10.6. The summed E-state index contributed by atoms with van der Waals surface area (Å²) in [4.78, 5) is 0. The van der Waals surface area contributed by atoms with Gasteiger partial charge in [-0.3, -0.25) is 0 Å². The van der Waals surface area contributed by atoms with Gasteiger partial charge in [-0.2, -0.15) is 0 Å². The topological polar surface area (TPSA) is 18.5 Å². The molecule has 3 unspecified atom stereocenters. The highest BCUT2D eigenvalue weighted by Gasteiger charge is 2.09. The molecule has 1 rings (SSSR count). The van der Waals surface area contributed by atoms with Crippen molar-refractivity contribution >= 4 is 0 Å². The summed E-state index contributed by atoms with van der Waals surface area (Å²) in [5, 5.41) is 0. The molecule has 0 heterocycles. The van der Waals surface area contributed by atoms with Gasteiger partial charge in [0, 0.05) is 0 Å². The van der Waals surface area contributed by atoms with Gasteiger partial charge in [0.25, 0.3) is 0 Å². The molecular weight excluding hydrogens is 272 g/mol. The zero-order chi connectivity index (χ0) is 16.4. The van der Waals surface area contributed by atoms with Gasteiger partial charge < -0.3 is 9.47 Å². The molecule has 1 aromatic rings. The molecule has 0 N–H and O–H groups in total. The zero-order valence-corrected chi connectivity index (χ0v) is 15.1. The van der Waals surface area contributed by atoms with Crippen LogP contribution in [0.15, 0.2) is 24.3 Å². The van der Waals surface area contributed by atoms with Crippen LogP contribution in [-0.4, -0.2) is 12.9 Å². The maximum atomic E-state index is 5.84. The number of ether oxygens (including phenoxy) is 2. The fraction of sp³-hybridized carbons (Fsp3) is 0.700. The van der Waals surface area contributed by atoms with Crippen molar-refractivity contribution in [1.82, 2.24) is 0 Å². The lowest BCUT2D eigenvalue weighted by Crippen LogP contribution is -2.18. The predicted octanol–water partition coefficient (Wildman–Crippen LogP) is 6.16. The van der Waals surface area contributed by atoms with Crippen LogP contribution < -0.4 is 4.74 Å². The molecule has 0 aromatic heterocycles. The second kappa shape index (κ2) is 10.7. The average molecular weight is 306 g/mol. The highest BCUT2D eigenvalue weighted by molar-refractivity contribution is 5.29. The van der Waals surface area contributed by atoms with Gasteiger partial charge in [0.15, 0.2) is 6.29 Å². The van der Waals surface area contributed by atoms with Crippen LogP contribution in [0, 0.1) is 5.92 Å². The lowest BCUT2D eigenvalue weighted by Gasteiger charge is -2.18. The van der Waals surface area contributed by atoms with E-state index in [1.165, 1.54) is 24.8 Å². The molecule has 0 bridgehead atoms. The van der Waals surface area contributed by atoms with Gasteiger partial charge in [-0.05, 0) is 49.3 Å². The van der Waals surface area contributed by atoms with Crippen molar-refractivity contribution in [3.63, 3.8) is 0 Å². The highest BCUT2D eigenvalue weighted by Crippen LogP contribution is 2.22. The third-order valence-corrected chi connectivity index (χ3v) is 4.52. The average Bonchev–Trinajstić information content (AvgIpc) is 2.54. The van der Waals surface area contributed by atoms with Gasteiger partial charge in [-0.1, -0.05) is 59.1 Å². The van der Waals surface area contributed by atoms with Crippen molar-refractivity contribution in [3.05, 3.63) is 29.8 Å². The van der Waals surface area contributed by atoms with Gasteiger partial charge >= 0.3 is 0 Å². The van der Waals surface area contributed by atoms with Crippen LogP contribution in [0.2, 0.25) is 0 Å². The van der Waals surface area contributed by atoms with Crippen LogP contribution in [0.5, 0.6) is 5.75 Å². The van der Waals surface area contributed by atoms with Crippen LogP contribution >= 0.6 is 0 Å². The van der Waals surface area contributed by atoms with E-state index in [0.717, 1.165) is 31.1 Å². The molecule has 0 aliphatic carbocycles. The van der Waals surface area contributed by atoms with E-state index in [2.05, 4.69) is 39.8 Å². The molecule has 0 saturated carbocycles. The quantitative estimate of drug-likeness (QED) is 0.456. The molecule has 22 heavy (non-hydrogen) atoms. The number of hydrogen-bond donors (Lipinski definition) is 0. The van der Waals surface area contributed by atoms with Crippen LogP contribution in [0.3, 0.4) is 0 Å². The van der Waals surface area contributed by atoms with Crippen LogP contribution in [0.25, 0.3) is 0 Å². The van der Waals surface area contributed by atoms with Gasteiger partial charge in [0.05, 0.1) is 6.61 Å². The molecule has 0 amide bonds. The fourth-order valence-corrected chi connectivity index (χ4v) is 2.70. The third-order valence-electron chi connectivity index (χ3n) is 4.52. The Morgan fingerprint density at radius 3 is 2.14 bits per heavy atom. The van der Waals surface area contributed by atoms with Crippen molar-refractivity contribution in [1.29, 1.82) is 0 Å². The summed E-state index contributed by atoms with van der Waals surface area (Å²) in [6, 6.07) is 8.41. The Morgan fingerprint density at radius 2 is 1.59 bits per heavy atom. The Hall–Kier alpha value is -1.02. The van der Waals surface area contributed by atoms with E-state index in [-0.39, 0.29) is 6.29 Å². The summed E-state index contributed by atoms with van der Waals surface area (Å²) in [5.41, 5.74) is 1.37. The molecule has 0 aliphatic heterocycles.